The molecule has 0 spiro atoms. The van der Waals surface area contributed by atoms with Crippen LogP contribution >= 0.6 is 0 Å². The molecule has 7 aromatic carbocycles. The minimum atomic E-state index is 0.677. The van der Waals surface area contributed by atoms with E-state index in [4.69, 9.17) is 6.57 Å². The van der Waals surface area contributed by atoms with Crippen LogP contribution in [0.5, 0.6) is 0 Å². The first-order valence-corrected chi connectivity index (χ1v) is 12.3. The molecule has 7 aromatic rings. The van der Waals surface area contributed by atoms with Crippen LogP contribution in [0.1, 0.15) is 0 Å². The zero-order chi connectivity index (χ0) is 25.6. The highest BCUT2D eigenvalue weighted by molar-refractivity contribution is 6.21. The molecule has 0 heterocycles. The molecule has 0 saturated heterocycles. The van der Waals surface area contributed by atoms with Gasteiger partial charge >= 0.3 is 0 Å². The van der Waals surface area contributed by atoms with Crippen molar-refractivity contribution >= 4 is 43.1 Å². The normalized spacial score (nSPS) is 12.5. The van der Waals surface area contributed by atoms with Gasteiger partial charge in [-0.3, -0.25) is 0 Å². The third kappa shape index (κ3) is 3.22. The van der Waals surface area contributed by atoms with E-state index in [0.29, 0.717) is 10.7 Å². The molecule has 0 amide bonds. The van der Waals surface area contributed by atoms with Gasteiger partial charge in [-0.15, -0.1) is 4.95 Å². The SMILES string of the molecule is [C-]#[N+]/N=c1\c2cc(-c3ccccc3)ccc2c2cc3/c(=N/C#N)c4cc(-c5ccccc5)ccc4c3cc12. The fourth-order valence-corrected chi connectivity index (χ4v) is 5.63. The van der Waals surface area contributed by atoms with Gasteiger partial charge in [0.05, 0.1) is 10.5 Å². The summed E-state index contributed by atoms with van der Waals surface area (Å²) in [4.78, 5) is 7.69. The highest BCUT2D eigenvalue weighted by Crippen LogP contribution is 2.35. The van der Waals surface area contributed by atoms with Crippen molar-refractivity contribution < 1.29 is 0 Å². The zero-order valence-corrected chi connectivity index (χ0v) is 20.2. The summed E-state index contributed by atoms with van der Waals surface area (Å²) in [7, 11) is 0. The quantitative estimate of drug-likeness (QED) is 0.142. The predicted molar refractivity (Wildman–Crippen MR) is 153 cm³/mol. The smallest absolute Gasteiger partial charge is 0.181 e. The molecule has 7 rings (SSSR count). The molecule has 0 saturated carbocycles. The molecule has 174 valence electrons. The van der Waals surface area contributed by atoms with Crippen molar-refractivity contribution in [3.05, 3.63) is 131 Å². The van der Waals surface area contributed by atoms with Gasteiger partial charge in [0.2, 0.25) is 6.19 Å². The van der Waals surface area contributed by atoms with Gasteiger partial charge in [0.1, 0.15) is 0 Å². The van der Waals surface area contributed by atoms with Crippen molar-refractivity contribution in [1.29, 1.82) is 5.26 Å². The Morgan fingerprint density at radius 1 is 0.500 bits per heavy atom. The van der Waals surface area contributed by atoms with Gasteiger partial charge in [-0.05, 0) is 68.1 Å². The molecule has 0 radical (unpaired) electrons. The fourth-order valence-electron chi connectivity index (χ4n) is 5.63. The monoisotopic (exact) mass is 482 g/mol. The average molecular weight is 483 g/mol. The number of hydrogen-bond donors (Lipinski definition) is 0. The minimum Gasteiger partial charge on any atom is -0.181 e. The Balaban J connectivity index is 1.58. The molecule has 38 heavy (non-hydrogen) atoms. The van der Waals surface area contributed by atoms with Crippen LogP contribution in [0.4, 0.5) is 0 Å². The summed E-state index contributed by atoms with van der Waals surface area (Å²) in [5.41, 5.74) is 4.37. The summed E-state index contributed by atoms with van der Waals surface area (Å²) in [6.45, 7) is 7.51. The molecule has 0 aromatic heterocycles. The van der Waals surface area contributed by atoms with Gasteiger partial charge in [-0.2, -0.15) is 16.8 Å². The summed E-state index contributed by atoms with van der Waals surface area (Å²) in [5, 5.41) is 23.0. The van der Waals surface area contributed by atoms with E-state index in [1.54, 1.807) is 0 Å². The third-order valence-electron chi connectivity index (χ3n) is 7.32. The van der Waals surface area contributed by atoms with E-state index < -0.39 is 0 Å². The maximum Gasteiger partial charge on any atom is 0.206 e. The van der Waals surface area contributed by atoms with Crippen LogP contribution < -0.4 is 10.7 Å². The molecule has 0 atom stereocenters. The number of nitriles is 1. The van der Waals surface area contributed by atoms with Crippen LogP contribution in [0.25, 0.3) is 70.3 Å². The number of fused-ring (bicyclic) bond motifs is 6. The average Bonchev–Trinajstić information content (AvgIpc) is 3.44. The first-order valence-electron chi connectivity index (χ1n) is 12.3. The summed E-state index contributed by atoms with van der Waals surface area (Å²) >= 11 is 0. The van der Waals surface area contributed by atoms with E-state index in [1.165, 1.54) is 0 Å². The number of nitrogens with zero attached hydrogens (tertiary/aromatic N) is 4. The van der Waals surface area contributed by atoms with Crippen LogP contribution in [-0.4, -0.2) is 0 Å². The van der Waals surface area contributed by atoms with Crippen molar-refractivity contribution in [2.45, 2.75) is 0 Å². The first-order chi connectivity index (χ1) is 18.8. The van der Waals surface area contributed by atoms with E-state index >= 15 is 0 Å². The molecule has 0 bridgehead atoms. The van der Waals surface area contributed by atoms with E-state index in [-0.39, 0.29) is 0 Å². The second-order valence-corrected chi connectivity index (χ2v) is 9.31. The zero-order valence-electron chi connectivity index (χ0n) is 20.2. The van der Waals surface area contributed by atoms with Crippen molar-refractivity contribution in [3.8, 4) is 28.4 Å². The number of benzene rings is 5. The lowest BCUT2D eigenvalue weighted by atomic mass is 10.0. The molecule has 0 unspecified atom stereocenters. The predicted octanol–water partition coefficient (Wildman–Crippen LogP) is 7.63. The Hall–Kier alpha value is -5.58. The number of rotatable bonds is 2. The van der Waals surface area contributed by atoms with Gasteiger partial charge in [0, 0.05) is 21.5 Å². The van der Waals surface area contributed by atoms with Crippen LogP contribution in [0.15, 0.2) is 119 Å². The number of hydrogen-bond acceptors (Lipinski definition) is 3. The van der Waals surface area contributed by atoms with Crippen LogP contribution in [-0.2, 0) is 0 Å². The lowest BCUT2D eigenvalue weighted by molar-refractivity contribution is 1.37. The maximum atomic E-state index is 9.58. The molecule has 4 heteroatoms. The van der Waals surface area contributed by atoms with E-state index in [9.17, 15) is 5.26 Å². The van der Waals surface area contributed by atoms with Crippen molar-refractivity contribution in [3.63, 3.8) is 0 Å². The molecular weight excluding hydrogens is 464 g/mol. The van der Waals surface area contributed by atoms with Crippen LogP contribution in [0.2, 0.25) is 0 Å². The standard InChI is InChI=1S/C34H18N4/c1-36-38-34-30-17-24(22-10-6-3-7-11-22)13-15-26(30)28-18-31-27(19-32(28)34)25-14-12-23(21-8-4-2-5-9-21)16-29(25)33(31)37-20-35/h2-19H/b37-33+,38-34+. The van der Waals surface area contributed by atoms with E-state index in [2.05, 4.69) is 87.8 Å². The minimum absolute atomic E-state index is 0.677. The molecule has 4 nitrogen and oxygen atoms in total. The van der Waals surface area contributed by atoms with Crippen molar-refractivity contribution in [2.24, 2.45) is 10.1 Å². The Kier molecular flexibility index (Phi) is 4.86. The van der Waals surface area contributed by atoms with E-state index in [1.807, 2.05) is 42.6 Å². The molecular formula is C34H18N4. The van der Waals surface area contributed by atoms with Gasteiger partial charge in [-0.1, -0.05) is 84.9 Å². The van der Waals surface area contributed by atoms with Crippen LogP contribution in [0, 0.1) is 18.0 Å². The van der Waals surface area contributed by atoms with Crippen molar-refractivity contribution in [1.82, 2.24) is 0 Å². The Labute approximate surface area is 218 Å². The van der Waals surface area contributed by atoms with Gasteiger partial charge in [-0.25, -0.2) is 0 Å². The highest BCUT2D eigenvalue weighted by atomic mass is 15.2. The van der Waals surface area contributed by atoms with Crippen LogP contribution in [0.3, 0.4) is 0 Å². The van der Waals surface area contributed by atoms with Gasteiger partial charge in [0.15, 0.2) is 5.36 Å². The lowest BCUT2D eigenvalue weighted by Crippen LogP contribution is -1.99. The first kappa shape index (κ1) is 21.7. The largest absolute Gasteiger partial charge is 0.206 e. The summed E-state index contributed by atoms with van der Waals surface area (Å²) in [6, 6.07) is 37.3. The molecule has 0 N–H and O–H groups in total. The van der Waals surface area contributed by atoms with E-state index in [0.717, 1.165) is 65.3 Å². The summed E-state index contributed by atoms with van der Waals surface area (Å²) in [5.74, 6) is 0. The topological polar surface area (TPSA) is 52.9 Å². The second kappa shape index (κ2) is 8.52. The Bertz CT molecular complexity index is 2070. The highest BCUT2D eigenvalue weighted by Gasteiger charge is 2.17. The molecule has 0 fully saturated rings. The fraction of sp³-hybridized carbons (Fsp3) is 0. The second-order valence-electron chi connectivity index (χ2n) is 9.31. The third-order valence-corrected chi connectivity index (χ3v) is 7.32. The molecule has 0 aliphatic carbocycles. The summed E-state index contributed by atoms with van der Waals surface area (Å²) in [6.07, 6.45) is 2.02. The summed E-state index contributed by atoms with van der Waals surface area (Å²) < 4.78 is 0. The lowest BCUT2D eigenvalue weighted by Gasteiger charge is -2.02. The molecule has 0 aliphatic heterocycles. The molecule has 0 aliphatic rings. The Morgan fingerprint density at radius 3 is 1.47 bits per heavy atom. The van der Waals surface area contributed by atoms with Gasteiger partial charge in [0.25, 0.3) is 0 Å². The Morgan fingerprint density at radius 2 is 0.974 bits per heavy atom. The maximum absolute atomic E-state index is 9.58. The van der Waals surface area contributed by atoms with Crippen molar-refractivity contribution in [2.75, 3.05) is 0 Å². The van der Waals surface area contributed by atoms with Gasteiger partial charge < -0.3 is 0 Å².